The zero-order valence-corrected chi connectivity index (χ0v) is 16.9. The molecule has 31 heavy (non-hydrogen) atoms. The average Bonchev–Trinajstić information content (AvgIpc) is 2.64. The summed E-state index contributed by atoms with van der Waals surface area (Å²) in [6, 6.07) is 0. The van der Waals surface area contributed by atoms with Gasteiger partial charge in [-0.2, -0.15) is 16.8 Å². The zero-order valence-electron chi connectivity index (χ0n) is 15.3. The quantitative estimate of drug-likeness (QED) is 0.143. The largest absolute Gasteiger partial charge is 0.397 e. The molecule has 0 radical (unpaired) electrons. The first-order valence-corrected chi connectivity index (χ1v) is 11.1. The summed E-state index contributed by atoms with van der Waals surface area (Å²) >= 11 is 0. The van der Waals surface area contributed by atoms with E-state index in [0.717, 1.165) is 0 Å². The normalized spacial score (nSPS) is 42.5. The van der Waals surface area contributed by atoms with Crippen LogP contribution in [0.1, 0.15) is 0 Å². The molecule has 0 bridgehead atoms. The second-order valence-electron chi connectivity index (χ2n) is 6.59. The van der Waals surface area contributed by atoms with E-state index in [2.05, 4.69) is 8.37 Å². The van der Waals surface area contributed by atoms with Gasteiger partial charge in [-0.1, -0.05) is 0 Å². The SMILES string of the molecule is O=S(=O)(O)OC[C@H]1O[C@@H](O[C@@H]2[C@@H](O)[C@H](O)O[C@H](COS(=O)(=O)O)[C@@H]2O)[C@H](O)[C@@H](O)[C@H]1O. The second-order valence-corrected chi connectivity index (χ2v) is 8.77. The number of hydrogen-bond donors (Lipinski definition) is 8. The van der Waals surface area contributed by atoms with Gasteiger partial charge in [0.05, 0.1) is 13.2 Å². The molecule has 2 rings (SSSR count). The summed E-state index contributed by atoms with van der Waals surface area (Å²) < 4.78 is 83.0. The molecular formula is C12H22O17S2. The van der Waals surface area contributed by atoms with Crippen molar-refractivity contribution in [2.75, 3.05) is 13.2 Å². The zero-order chi connectivity index (χ0) is 23.7. The van der Waals surface area contributed by atoms with Gasteiger partial charge in [0.25, 0.3) is 0 Å². The Bertz CT molecular complexity index is 800. The lowest BCUT2D eigenvalue weighted by Gasteiger charge is -2.45. The van der Waals surface area contributed by atoms with Crippen molar-refractivity contribution in [1.29, 1.82) is 0 Å². The summed E-state index contributed by atoms with van der Waals surface area (Å²) in [6.07, 6.45) is -19.2. The number of ether oxygens (including phenoxy) is 3. The molecule has 8 N–H and O–H groups in total. The third-order valence-corrected chi connectivity index (χ3v) is 5.25. The second kappa shape index (κ2) is 10.1. The van der Waals surface area contributed by atoms with Crippen molar-refractivity contribution >= 4 is 20.8 Å². The predicted octanol–water partition coefficient (Wildman–Crippen LogP) is -5.74. The van der Waals surface area contributed by atoms with E-state index in [1.54, 1.807) is 0 Å². The lowest BCUT2D eigenvalue weighted by molar-refractivity contribution is -0.354. The van der Waals surface area contributed by atoms with E-state index >= 15 is 0 Å². The molecule has 2 aliphatic rings. The topological polar surface area (TPSA) is 276 Å². The van der Waals surface area contributed by atoms with Crippen molar-refractivity contribution in [1.82, 2.24) is 0 Å². The van der Waals surface area contributed by atoms with Crippen LogP contribution in [0.2, 0.25) is 0 Å². The van der Waals surface area contributed by atoms with Crippen molar-refractivity contribution in [3.05, 3.63) is 0 Å². The van der Waals surface area contributed by atoms with E-state index in [-0.39, 0.29) is 0 Å². The maximum absolute atomic E-state index is 10.7. The Hall–Kier alpha value is -0.620. The van der Waals surface area contributed by atoms with Gasteiger partial charge in [0.15, 0.2) is 12.6 Å². The monoisotopic (exact) mass is 502 g/mol. The Morgan fingerprint density at radius 1 is 0.645 bits per heavy atom. The first-order chi connectivity index (χ1) is 14.1. The van der Waals surface area contributed by atoms with Crippen LogP contribution < -0.4 is 0 Å². The molecule has 0 saturated carbocycles. The number of hydrogen-bond acceptors (Lipinski definition) is 15. The average molecular weight is 502 g/mol. The van der Waals surface area contributed by atoms with Gasteiger partial charge < -0.3 is 44.8 Å². The molecule has 0 unspecified atom stereocenters. The fraction of sp³-hybridized carbons (Fsp3) is 1.00. The van der Waals surface area contributed by atoms with E-state index in [1.165, 1.54) is 0 Å². The van der Waals surface area contributed by atoms with Crippen LogP contribution in [0.4, 0.5) is 0 Å². The summed E-state index contributed by atoms with van der Waals surface area (Å²) in [5, 5.41) is 59.8. The summed E-state index contributed by atoms with van der Waals surface area (Å²) in [7, 11) is -9.92. The Morgan fingerprint density at radius 2 is 1.13 bits per heavy atom. The van der Waals surface area contributed by atoms with Crippen molar-refractivity contribution in [3.63, 3.8) is 0 Å². The van der Waals surface area contributed by atoms with Gasteiger partial charge in [-0.15, -0.1) is 0 Å². The molecule has 17 nitrogen and oxygen atoms in total. The van der Waals surface area contributed by atoms with E-state index in [0.29, 0.717) is 0 Å². The molecule has 0 amide bonds. The highest BCUT2D eigenvalue weighted by atomic mass is 32.3. The molecule has 0 aromatic carbocycles. The Balaban J connectivity index is 2.14. The van der Waals surface area contributed by atoms with E-state index < -0.39 is 95.4 Å². The van der Waals surface area contributed by atoms with Crippen LogP contribution in [0.15, 0.2) is 0 Å². The fourth-order valence-electron chi connectivity index (χ4n) is 2.84. The maximum Gasteiger partial charge on any atom is 0.397 e. The first-order valence-electron chi connectivity index (χ1n) is 8.39. The van der Waals surface area contributed by atoms with Crippen LogP contribution in [0.5, 0.6) is 0 Å². The summed E-state index contributed by atoms with van der Waals surface area (Å²) in [5.74, 6) is 0. The number of rotatable bonds is 8. The molecule has 10 atom stereocenters. The van der Waals surface area contributed by atoms with Gasteiger partial charge in [0, 0.05) is 0 Å². The van der Waals surface area contributed by atoms with E-state index in [4.69, 9.17) is 23.3 Å². The minimum absolute atomic E-state index is 1.02. The molecule has 0 aromatic heterocycles. The number of aliphatic hydroxyl groups is 6. The van der Waals surface area contributed by atoms with Crippen LogP contribution in [0.25, 0.3) is 0 Å². The maximum atomic E-state index is 10.7. The molecule has 0 aromatic rings. The molecule has 2 fully saturated rings. The molecule has 0 aliphatic carbocycles. The van der Waals surface area contributed by atoms with Crippen molar-refractivity contribution in [2.45, 2.75) is 61.4 Å². The smallest absolute Gasteiger partial charge is 0.387 e. The Labute approximate surface area is 175 Å². The molecule has 19 heteroatoms. The lowest BCUT2D eigenvalue weighted by Crippen LogP contribution is -2.64. The Kier molecular flexibility index (Phi) is 8.68. The fourth-order valence-corrected chi connectivity index (χ4v) is 3.45. The molecular weight excluding hydrogens is 480 g/mol. The van der Waals surface area contributed by atoms with Gasteiger partial charge in [0.1, 0.15) is 48.8 Å². The summed E-state index contributed by atoms with van der Waals surface area (Å²) in [5.41, 5.74) is 0. The summed E-state index contributed by atoms with van der Waals surface area (Å²) in [4.78, 5) is 0. The molecule has 2 heterocycles. The molecule has 184 valence electrons. The van der Waals surface area contributed by atoms with Crippen LogP contribution in [-0.4, -0.2) is 131 Å². The third kappa shape index (κ3) is 7.18. The molecule has 2 saturated heterocycles. The van der Waals surface area contributed by atoms with Crippen molar-refractivity contribution < 1.29 is 79.2 Å². The van der Waals surface area contributed by atoms with Crippen LogP contribution in [-0.2, 0) is 43.4 Å². The molecule has 0 spiro atoms. The Morgan fingerprint density at radius 3 is 1.61 bits per heavy atom. The lowest BCUT2D eigenvalue weighted by atomic mass is 9.97. The van der Waals surface area contributed by atoms with E-state index in [1.807, 2.05) is 0 Å². The summed E-state index contributed by atoms with van der Waals surface area (Å²) in [6.45, 7) is -2.06. The highest BCUT2D eigenvalue weighted by Crippen LogP contribution is 2.29. The van der Waals surface area contributed by atoms with Gasteiger partial charge in [0.2, 0.25) is 0 Å². The minimum atomic E-state index is -4.96. The minimum Gasteiger partial charge on any atom is -0.387 e. The molecule has 2 aliphatic heterocycles. The highest BCUT2D eigenvalue weighted by molar-refractivity contribution is 7.81. The van der Waals surface area contributed by atoms with Crippen LogP contribution >= 0.6 is 0 Å². The number of aliphatic hydroxyl groups excluding tert-OH is 6. The van der Waals surface area contributed by atoms with E-state index in [9.17, 15) is 47.5 Å². The predicted molar refractivity (Wildman–Crippen MR) is 89.4 cm³/mol. The first kappa shape index (κ1) is 26.6. The van der Waals surface area contributed by atoms with Gasteiger partial charge in [-0.05, 0) is 0 Å². The van der Waals surface area contributed by atoms with Gasteiger partial charge in [-0.25, -0.2) is 8.37 Å². The van der Waals surface area contributed by atoms with Crippen molar-refractivity contribution in [3.8, 4) is 0 Å². The van der Waals surface area contributed by atoms with Gasteiger partial charge >= 0.3 is 20.8 Å². The van der Waals surface area contributed by atoms with Crippen LogP contribution in [0, 0.1) is 0 Å². The highest BCUT2D eigenvalue weighted by Gasteiger charge is 2.50. The van der Waals surface area contributed by atoms with Gasteiger partial charge in [-0.3, -0.25) is 9.11 Å². The van der Waals surface area contributed by atoms with Crippen LogP contribution in [0.3, 0.4) is 0 Å². The standard InChI is InChI=1S/C12H22O17S2/c13-5-3(1-25-30(19,20)21)28-12(8(16)7(5)15)29-10-6(14)4(2-26-31(22,23)24)27-11(18)9(10)17/h3-18H,1-2H2,(H,19,20,21)(H,22,23,24)/t3-,4-,5+,6+,7+,8-,9-,10+,11-,12+/m1/s1. The third-order valence-electron chi connectivity index (χ3n) is 4.38. The van der Waals surface area contributed by atoms with Crippen molar-refractivity contribution in [2.24, 2.45) is 0 Å².